The minimum absolute atomic E-state index is 0.00983. The molecule has 23 heavy (non-hydrogen) atoms. The van der Waals surface area contributed by atoms with Gasteiger partial charge in [0.05, 0.1) is 6.61 Å². The van der Waals surface area contributed by atoms with Crippen molar-refractivity contribution in [2.24, 2.45) is 0 Å². The Balaban J connectivity index is 1.65. The molecule has 2 aromatic carbocycles. The average Bonchev–Trinajstić information content (AvgIpc) is 2.62. The molecule has 0 aromatic heterocycles. The summed E-state index contributed by atoms with van der Waals surface area (Å²) >= 11 is 0. The zero-order chi connectivity index (χ0) is 15.9. The molecule has 1 N–H and O–H groups in total. The standard InChI is InChI=1S/C20H26N2O/c1-17-16-21-12-13-22(17)14-15-23-20(18-8-4-2-5-9-18)19-10-6-3-7-11-19/h2-11,17,20-21H,12-16H2,1H3/t17-/m0/s1. The number of rotatable bonds is 6. The molecule has 3 nitrogen and oxygen atoms in total. The predicted molar refractivity (Wildman–Crippen MR) is 94.6 cm³/mol. The Labute approximate surface area is 139 Å². The lowest BCUT2D eigenvalue weighted by Gasteiger charge is -2.34. The highest BCUT2D eigenvalue weighted by Gasteiger charge is 2.19. The van der Waals surface area contributed by atoms with Crippen LogP contribution in [0.25, 0.3) is 0 Å². The molecule has 1 saturated heterocycles. The van der Waals surface area contributed by atoms with E-state index in [-0.39, 0.29) is 6.10 Å². The third-order valence-electron chi connectivity index (χ3n) is 4.51. The fourth-order valence-corrected chi connectivity index (χ4v) is 3.14. The average molecular weight is 310 g/mol. The van der Waals surface area contributed by atoms with Gasteiger partial charge in [-0.3, -0.25) is 4.90 Å². The smallest absolute Gasteiger partial charge is 0.108 e. The molecule has 0 saturated carbocycles. The second-order valence-electron chi connectivity index (χ2n) is 6.16. The molecule has 1 fully saturated rings. The third kappa shape index (κ3) is 4.41. The van der Waals surface area contributed by atoms with Crippen LogP contribution in [-0.2, 0) is 4.74 Å². The van der Waals surface area contributed by atoms with Gasteiger partial charge in [-0.1, -0.05) is 60.7 Å². The SMILES string of the molecule is C[C@H]1CNCCN1CCOC(c1ccccc1)c1ccccc1. The second kappa shape index (κ2) is 8.25. The molecule has 122 valence electrons. The van der Waals surface area contributed by atoms with Crippen molar-refractivity contribution in [3.8, 4) is 0 Å². The fraction of sp³-hybridized carbons (Fsp3) is 0.400. The second-order valence-corrected chi connectivity index (χ2v) is 6.16. The van der Waals surface area contributed by atoms with E-state index in [9.17, 15) is 0 Å². The van der Waals surface area contributed by atoms with Gasteiger partial charge in [0.25, 0.3) is 0 Å². The minimum atomic E-state index is 0.00983. The minimum Gasteiger partial charge on any atom is -0.367 e. The molecule has 0 unspecified atom stereocenters. The van der Waals surface area contributed by atoms with E-state index in [1.54, 1.807) is 0 Å². The maximum Gasteiger partial charge on any atom is 0.108 e. The number of ether oxygens (including phenoxy) is 1. The zero-order valence-corrected chi connectivity index (χ0v) is 13.8. The van der Waals surface area contributed by atoms with Crippen molar-refractivity contribution >= 4 is 0 Å². The molecule has 1 heterocycles. The van der Waals surface area contributed by atoms with Crippen LogP contribution in [-0.4, -0.2) is 43.7 Å². The molecule has 0 bridgehead atoms. The van der Waals surface area contributed by atoms with Gasteiger partial charge in [0.2, 0.25) is 0 Å². The van der Waals surface area contributed by atoms with Gasteiger partial charge in [0.15, 0.2) is 0 Å². The van der Waals surface area contributed by atoms with E-state index in [0.717, 1.165) is 32.8 Å². The topological polar surface area (TPSA) is 24.5 Å². The number of hydrogen-bond donors (Lipinski definition) is 1. The number of nitrogens with zero attached hydrogens (tertiary/aromatic N) is 1. The summed E-state index contributed by atoms with van der Waals surface area (Å²) < 4.78 is 6.30. The summed E-state index contributed by atoms with van der Waals surface area (Å²) in [6, 6.07) is 21.6. The highest BCUT2D eigenvalue weighted by atomic mass is 16.5. The van der Waals surface area contributed by atoms with Crippen molar-refractivity contribution < 1.29 is 4.74 Å². The Morgan fingerprint density at radius 3 is 2.22 bits per heavy atom. The van der Waals surface area contributed by atoms with Crippen LogP contribution in [0, 0.1) is 0 Å². The first kappa shape index (κ1) is 16.2. The molecule has 0 aliphatic carbocycles. The first-order chi connectivity index (χ1) is 11.3. The monoisotopic (exact) mass is 310 g/mol. The Kier molecular flexibility index (Phi) is 5.81. The van der Waals surface area contributed by atoms with Gasteiger partial charge in [-0.05, 0) is 18.1 Å². The van der Waals surface area contributed by atoms with Crippen LogP contribution in [0.2, 0.25) is 0 Å². The summed E-state index contributed by atoms with van der Waals surface area (Å²) in [6.45, 7) is 7.26. The van der Waals surface area contributed by atoms with Gasteiger partial charge in [0.1, 0.15) is 6.10 Å². The van der Waals surface area contributed by atoms with E-state index in [1.165, 1.54) is 11.1 Å². The van der Waals surface area contributed by atoms with E-state index in [0.29, 0.717) is 6.04 Å². The molecule has 3 rings (SSSR count). The molecule has 2 aromatic rings. The van der Waals surface area contributed by atoms with Crippen LogP contribution < -0.4 is 5.32 Å². The summed E-state index contributed by atoms with van der Waals surface area (Å²) in [4.78, 5) is 2.50. The van der Waals surface area contributed by atoms with Crippen LogP contribution >= 0.6 is 0 Å². The molecule has 0 radical (unpaired) electrons. The highest BCUT2D eigenvalue weighted by molar-refractivity contribution is 5.29. The Hall–Kier alpha value is -1.68. The number of hydrogen-bond acceptors (Lipinski definition) is 3. The maximum atomic E-state index is 6.30. The van der Waals surface area contributed by atoms with E-state index < -0.39 is 0 Å². The van der Waals surface area contributed by atoms with Crippen LogP contribution in [0.4, 0.5) is 0 Å². The quantitative estimate of drug-likeness (QED) is 0.887. The normalized spacial score (nSPS) is 19.1. The molecule has 1 atom stereocenters. The summed E-state index contributed by atoms with van der Waals surface area (Å²) in [7, 11) is 0. The molecule has 0 amide bonds. The van der Waals surface area contributed by atoms with Crippen LogP contribution in [0.5, 0.6) is 0 Å². The summed E-state index contributed by atoms with van der Waals surface area (Å²) in [6.07, 6.45) is 0.00983. The van der Waals surface area contributed by atoms with E-state index in [2.05, 4.69) is 65.7 Å². The first-order valence-electron chi connectivity index (χ1n) is 8.51. The van der Waals surface area contributed by atoms with Gasteiger partial charge < -0.3 is 10.1 Å². The summed E-state index contributed by atoms with van der Waals surface area (Å²) in [5.41, 5.74) is 2.43. The van der Waals surface area contributed by atoms with Crippen LogP contribution in [0.1, 0.15) is 24.2 Å². The number of nitrogens with one attached hydrogen (secondary N) is 1. The molecule has 1 aliphatic rings. The van der Waals surface area contributed by atoms with Crippen molar-refractivity contribution in [1.29, 1.82) is 0 Å². The lowest BCUT2D eigenvalue weighted by molar-refractivity contribution is 0.0464. The largest absolute Gasteiger partial charge is 0.367 e. The van der Waals surface area contributed by atoms with E-state index in [1.807, 2.05) is 12.1 Å². The molecule has 3 heteroatoms. The van der Waals surface area contributed by atoms with Crippen molar-refractivity contribution in [3.63, 3.8) is 0 Å². The van der Waals surface area contributed by atoms with Crippen molar-refractivity contribution in [3.05, 3.63) is 71.8 Å². The maximum absolute atomic E-state index is 6.30. The van der Waals surface area contributed by atoms with Gasteiger partial charge in [0, 0.05) is 32.2 Å². The van der Waals surface area contributed by atoms with E-state index in [4.69, 9.17) is 4.74 Å². The molecular formula is C20H26N2O. The van der Waals surface area contributed by atoms with Crippen LogP contribution in [0.3, 0.4) is 0 Å². The van der Waals surface area contributed by atoms with Crippen molar-refractivity contribution in [2.45, 2.75) is 19.1 Å². The third-order valence-corrected chi connectivity index (χ3v) is 4.51. The van der Waals surface area contributed by atoms with Gasteiger partial charge in [-0.2, -0.15) is 0 Å². The van der Waals surface area contributed by atoms with Gasteiger partial charge in [-0.15, -0.1) is 0 Å². The first-order valence-corrected chi connectivity index (χ1v) is 8.51. The Morgan fingerprint density at radius 2 is 1.65 bits per heavy atom. The fourth-order valence-electron chi connectivity index (χ4n) is 3.14. The molecule has 0 spiro atoms. The lowest BCUT2D eigenvalue weighted by atomic mass is 10.0. The van der Waals surface area contributed by atoms with Crippen molar-refractivity contribution in [2.75, 3.05) is 32.8 Å². The Morgan fingerprint density at radius 1 is 1.04 bits per heavy atom. The number of piperazine rings is 1. The predicted octanol–water partition coefficient (Wildman–Crippen LogP) is 3.09. The Bertz CT molecular complexity index is 533. The molecular weight excluding hydrogens is 284 g/mol. The van der Waals surface area contributed by atoms with Gasteiger partial charge in [-0.25, -0.2) is 0 Å². The van der Waals surface area contributed by atoms with Crippen LogP contribution in [0.15, 0.2) is 60.7 Å². The zero-order valence-electron chi connectivity index (χ0n) is 13.8. The highest BCUT2D eigenvalue weighted by Crippen LogP contribution is 2.25. The number of benzene rings is 2. The molecule has 1 aliphatic heterocycles. The summed E-state index contributed by atoms with van der Waals surface area (Å²) in [5.74, 6) is 0. The summed E-state index contributed by atoms with van der Waals surface area (Å²) in [5, 5.41) is 3.43. The van der Waals surface area contributed by atoms with Crippen molar-refractivity contribution in [1.82, 2.24) is 10.2 Å². The van der Waals surface area contributed by atoms with E-state index >= 15 is 0 Å². The lowest BCUT2D eigenvalue weighted by Crippen LogP contribution is -2.50. The van der Waals surface area contributed by atoms with Gasteiger partial charge >= 0.3 is 0 Å².